The van der Waals surface area contributed by atoms with Crippen LogP contribution in [0.5, 0.6) is 0 Å². The van der Waals surface area contributed by atoms with Crippen LogP contribution >= 0.6 is 12.4 Å². The van der Waals surface area contributed by atoms with Gasteiger partial charge in [-0.3, -0.25) is 4.79 Å². The normalized spacial score (nSPS) is 17.1. The van der Waals surface area contributed by atoms with E-state index >= 15 is 0 Å². The number of benzene rings is 2. The van der Waals surface area contributed by atoms with Crippen molar-refractivity contribution in [3.05, 3.63) is 65.2 Å². The first-order valence-corrected chi connectivity index (χ1v) is 11.0. The highest BCUT2D eigenvalue weighted by Gasteiger charge is 2.26. The lowest BCUT2D eigenvalue weighted by atomic mass is 10.0. The Hall–Kier alpha value is -1.89. The highest BCUT2D eigenvalue weighted by atomic mass is 35.5. The van der Waals surface area contributed by atoms with E-state index in [4.69, 9.17) is 5.73 Å². The van der Waals surface area contributed by atoms with Crippen LogP contribution in [0.15, 0.2) is 53.4 Å². The molecule has 1 atom stereocenters. The predicted molar refractivity (Wildman–Crippen MR) is 113 cm³/mol. The van der Waals surface area contributed by atoms with Crippen LogP contribution in [-0.4, -0.2) is 38.4 Å². The molecule has 2 N–H and O–H groups in total. The largest absolute Gasteiger partial charge is 0.334 e. The molecule has 2 aromatic rings. The molecule has 1 heterocycles. The number of nitrogens with two attached hydrogens (primary N) is 1. The van der Waals surface area contributed by atoms with Gasteiger partial charge in [0.2, 0.25) is 0 Å². The minimum Gasteiger partial charge on any atom is -0.334 e. The standard InChI is InChI=1S/C21H26N2O3S.ClH/c1-16-5-11-20(12-6-16)27(25,26)15-17-7-9-18(10-8-17)21(24)23-13-3-2-4-19(23)14-22;/h5-12,19H,2-4,13-15,22H2,1H3;1H. The molecular formula is C21H27ClN2O3S. The molecule has 0 radical (unpaired) electrons. The number of hydrogen-bond acceptors (Lipinski definition) is 4. The molecule has 28 heavy (non-hydrogen) atoms. The van der Waals surface area contributed by atoms with Gasteiger partial charge in [0.1, 0.15) is 0 Å². The van der Waals surface area contributed by atoms with Gasteiger partial charge in [0.15, 0.2) is 9.84 Å². The number of carbonyl (C=O) groups excluding carboxylic acids is 1. The lowest BCUT2D eigenvalue weighted by Gasteiger charge is -2.35. The fourth-order valence-corrected chi connectivity index (χ4v) is 4.82. The second-order valence-corrected chi connectivity index (χ2v) is 9.14. The predicted octanol–water partition coefficient (Wildman–Crippen LogP) is 3.34. The SMILES string of the molecule is Cc1ccc(S(=O)(=O)Cc2ccc(C(=O)N3CCCCC3CN)cc2)cc1.Cl. The first-order chi connectivity index (χ1) is 12.9. The average Bonchev–Trinajstić information content (AvgIpc) is 2.68. The third-order valence-electron chi connectivity index (χ3n) is 5.10. The molecule has 0 spiro atoms. The van der Waals surface area contributed by atoms with Gasteiger partial charge >= 0.3 is 0 Å². The van der Waals surface area contributed by atoms with E-state index < -0.39 is 9.84 Å². The summed E-state index contributed by atoms with van der Waals surface area (Å²) >= 11 is 0. The number of nitrogens with zero attached hydrogens (tertiary/aromatic N) is 1. The van der Waals surface area contributed by atoms with Gasteiger partial charge in [-0.25, -0.2) is 8.42 Å². The molecular weight excluding hydrogens is 396 g/mol. The Kier molecular flexibility index (Phi) is 7.63. The van der Waals surface area contributed by atoms with Crippen molar-refractivity contribution in [2.24, 2.45) is 5.73 Å². The van der Waals surface area contributed by atoms with E-state index in [2.05, 4.69) is 0 Å². The first-order valence-electron chi connectivity index (χ1n) is 9.30. The van der Waals surface area contributed by atoms with Gasteiger partial charge in [0.05, 0.1) is 10.6 Å². The molecule has 1 fully saturated rings. The van der Waals surface area contributed by atoms with Crippen LogP contribution in [0.4, 0.5) is 0 Å². The molecule has 1 saturated heterocycles. The minimum absolute atomic E-state index is 0. The highest BCUT2D eigenvalue weighted by molar-refractivity contribution is 7.90. The summed E-state index contributed by atoms with van der Waals surface area (Å²) in [6.07, 6.45) is 3.03. The van der Waals surface area contributed by atoms with E-state index in [9.17, 15) is 13.2 Å². The zero-order valence-corrected chi connectivity index (χ0v) is 17.6. The molecule has 5 nitrogen and oxygen atoms in total. The van der Waals surface area contributed by atoms with E-state index in [1.807, 2.05) is 11.8 Å². The van der Waals surface area contributed by atoms with E-state index in [1.54, 1.807) is 48.5 Å². The Morgan fingerprint density at radius 1 is 1.07 bits per heavy atom. The van der Waals surface area contributed by atoms with Crippen LogP contribution in [0.2, 0.25) is 0 Å². The van der Waals surface area contributed by atoms with E-state index in [0.717, 1.165) is 31.4 Å². The molecule has 1 aliphatic rings. The number of piperidine rings is 1. The molecule has 0 aliphatic carbocycles. The number of sulfone groups is 1. The monoisotopic (exact) mass is 422 g/mol. The lowest BCUT2D eigenvalue weighted by molar-refractivity contribution is 0.0623. The summed E-state index contributed by atoms with van der Waals surface area (Å²) in [7, 11) is -3.41. The fourth-order valence-electron chi connectivity index (χ4n) is 3.47. The maximum atomic E-state index is 12.8. The highest BCUT2D eigenvalue weighted by Crippen LogP contribution is 2.21. The first kappa shape index (κ1) is 22.4. The molecule has 152 valence electrons. The summed E-state index contributed by atoms with van der Waals surface area (Å²) in [5.74, 6) is -0.113. The van der Waals surface area contributed by atoms with Crippen LogP contribution in [0.1, 0.15) is 40.7 Å². The van der Waals surface area contributed by atoms with Crippen molar-refractivity contribution in [1.82, 2.24) is 4.90 Å². The molecule has 0 saturated carbocycles. The topological polar surface area (TPSA) is 80.5 Å². The fraction of sp³-hybridized carbons (Fsp3) is 0.381. The molecule has 0 bridgehead atoms. The summed E-state index contributed by atoms with van der Waals surface area (Å²) in [6, 6.07) is 13.8. The molecule has 1 amide bonds. The van der Waals surface area contributed by atoms with Gasteiger partial charge < -0.3 is 10.6 Å². The summed E-state index contributed by atoms with van der Waals surface area (Å²) in [4.78, 5) is 14.9. The molecule has 1 unspecified atom stereocenters. The summed E-state index contributed by atoms with van der Waals surface area (Å²) < 4.78 is 25.1. The number of rotatable bonds is 5. The average molecular weight is 423 g/mol. The van der Waals surface area contributed by atoms with Gasteiger partial charge in [0, 0.05) is 24.7 Å². The van der Waals surface area contributed by atoms with Crippen LogP contribution in [0.25, 0.3) is 0 Å². The lowest BCUT2D eigenvalue weighted by Crippen LogP contribution is -2.47. The van der Waals surface area contributed by atoms with Crippen molar-refractivity contribution in [3.63, 3.8) is 0 Å². The van der Waals surface area contributed by atoms with Gasteiger partial charge in [-0.1, -0.05) is 29.8 Å². The maximum absolute atomic E-state index is 12.8. The van der Waals surface area contributed by atoms with Crippen LogP contribution in [0, 0.1) is 6.92 Å². The van der Waals surface area contributed by atoms with Gasteiger partial charge in [-0.15, -0.1) is 12.4 Å². The second-order valence-electron chi connectivity index (χ2n) is 7.15. The number of likely N-dealkylation sites (tertiary alicyclic amines) is 1. The number of carbonyl (C=O) groups is 1. The van der Waals surface area contributed by atoms with Gasteiger partial charge in [0.25, 0.3) is 5.91 Å². The Bertz CT molecular complexity index is 896. The maximum Gasteiger partial charge on any atom is 0.254 e. The van der Waals surface area contributed by atoms with Crippen LogP contribution < -0.4 is 5.73 Å². The number of hydrogen-bond donors (Lipinski definition) is 1. The Balaban J connectivity index is 0.00000280. The summed E-state index contributed by atoms with van der Waals surface area (Å²) in [5, 5.41) is 0. The third kappa shape index (κ3) is 5.13. The number of aryl methyl sites for hydroxylation is 1. The van der Waals surface area contributed by atoms with Crippen LogP contribution in [-0.2, 0) is 15.6 Å². The number of halogens is 1. The van der Waals surface area contributed by atoms with Gasteiger partial charge in [-0.2, -0.15) is 0 Å². The Labute approximate surface area is 173 Å². The van der Waals surface area contributed by atoms with E-state index in [0.29, 0.717) is 22.6 Å². The van der Waals surface area contributed by atoms with Crippen molar-refractivity contribution in [1.29, 1.82) is 0 Å². The van der Waals surface area contributed by atoms with E-state index in [-0.39, 0.29) is 30.1 Å². The van der Waals surface area contributed by atoms with E-state index in [1.165, 1.54) is 0 Å². The zero-order chi connectivity index (χ0) is 19.4. The Morgan fingerprint density at radius 2 is 1.71 bits per heavy atom. The van der Waals surface area contributed by atoms with Gasteiger partial charge in [-0.05, 0) is 56.0 Å². The van der Waals surface area contributed by atoms with Crippen molar-refractivity contribution in [2.45, 2.75) is 42.9 Å². The smallest absolute Gasteiger partial charge is 0.254 e. The zero-order valence-electron chi connectivity index (χ0n) is 16.0. The van der Waals surface area contributed by atoms with Crippen molar-refractivity contribution < 1.29 is 13.2 Å². The van der Waals surface area contributed by atoms with Crippen molar-refractivity contribution in [3.8, 4) is 0 Å². The Morgan fingerprint density at radius 3 is 2.32 bits per heavy atom. The summed E-state index contributed by atoms with van der Waals surface area (Å²) in [6.45, 7) is 3.12. The summed E-state index contributed by atoms with van der Waals surface area (Å²) in [5.41, 5.74) is 8.07. The number of amides is 1. The third-order valence-corrected chi connectivity index (χ3v) is 6.80. The minimum atomic E-state index is -3.41. The molecule has 7 heteroatoms. The molecule has 0 aromatic heterocycles. The van der Waals surface area contributed by atoms with Crippen LogP contribution in [0.3, 0.4) is 0 Å². The molecule has 3 rings (SSSR count). The second kappa shape index (κ2) is 9.54. The van der Waals surface area contributed by atoms with Crippen molar-refractivity contribution >= 4 is 28.2 Å². The van der Waals surface area contributed by atoms with Crippen molar-refractivity contribution in [2.75, 3.05) is 13.1 Å². The molecule has 2 aromatic carbocycles. The quantitative estimate of drug-likeness (QED) is 0.801. The molecule has 1 aliphatic heterocycles.